The zero-order valence-electron chi connectivity index (χ0n) is 10.9. The molecule has 1 saturated carbocycles. The maximum Gasteiger partial charge on any atom is 0.418 e. The quantitative estimate of drug-likeness (QED) is 0.663. The Hall–Kier alpha value is -0.460. The average Bonchev–Trinajstić information content (AvgIpc) is 2.36. The zero-order valence-corrected chi connectivity index (χ0v) is 12.5. The van der Waals surface area contributed by atoms with Crippen LogP contribution in [0.5, 0.6) is 0 Å². The van der Waals surface area contributed by atoms with Gasteiger partial charge in [0.1, 0.15) is 5.88 Å². The lowest BCUT2D eigenvalue weighted by atomic mass is 9.96. The molecule has 0 atom stereocenters. The molecule has 21 heavy (non-hydrogen) atoms. The molecule has 1 fully saturated rings. The van der Waals surface area contributed by atoms with Crippen LogP contribution in [0.2, 0.25) is 0 Å². The van der Waals surface area contributed by atoms with E-state index in [4.69, 9.17) is 0 Å². The van der Waals surface area contributed by atoms with Crippen molar-refractivity contribution < 1.29 is 34.4 Å². The van der Waals surface area contributed by atoms with Crippen molar-refractivity contribution in [3.63, 3.8) is 0 Å². The van der Waals surface area contributed by atoms with E-state index in [0.29, 0.717) is 17.0 Å². The molecule has 0 aliphatic heterocycles. The van der Waals surface area contributed by atoms with Gasteiger partial charge in [-0.15, -0.1) is 4.13 Å². The molecule has 0 amide bonds. The summed E-state index contributed by atoms with van der Waals surface area (Å²) in [7, 11) is -10.7. The topological polar surface area (TPSA) is 92.3 Å². The molecule has 12 heteroatoms. The maximum atomic E-state index is 12.8. The van der Waals surface area contributed by atoms with Crippen molar-refractivity contribution >= 4 is 20.0 Å². The van der Waals surface area contributed by atoms with Crippen molar-refractivity contribution in [3.05, 3.63) is 0 Å². The fourth-order valence-electron chi connectivity index (χ4n) is 1.90. The van der Waals surface area contributed by atoms with E-state index < -0.39 is 37.6 Å². The van der Waals surface area contributed by atoms with Gasteiger partial charge in [0.05, 0.1) is 0 Å². The first-order valence-electron chi connectivity index (χ1n) is 6.13. The van der Waals surface area contributed by atoms with E-state index in [1.54, 1.807) is 0 Å². The van der Waals surface area contributed by atoms with Gasteiger partial charge in [-0.1, -0.05) is 19.3 Å². The largest absolute Gasteiger partial charge is 0.418 e. The fourth-order valence-corrected chi connectivity index (χ4v) is 4.61. The van der Waals surface area contributed by atoms with Crippen LogP contribution in [-0.4, -0.2) is 40.4 Å². The van der Waals surface area contributed by atoms with Gasteiger partial charge in [-0.25, -0.2) is 25.6 Å². The molecule has 0 heterocycles. The van der Waals surface area contributed by atoms with Gasteiger partial charge in [0, 0.05) is 6.04 Å². The Bertz CT molecular complexity index is 544. The Kier molecular flexibility index (Phi) is 5.98. The smallest absolute Gasteiger partial charge is 0.300 e. The molecule has 1 aliphatic carbocycles. The molecular formula is C9H16F4N2O4S2. The van der Waals surface area contributed by atoms with E-state index in [0.717, 1.165) is 19.3 Å². The second kappa shape index (κ2) is 6.75. The third-order valence-electron chi connectivity index (χ3n) is 3.02. The van der Waals surface area contributed by atoms with E-state index >= 15 is 0 Å². The first-order valence-corrected chi connectivity index (χ1v) is 9.26. The monoisotopic (exact) mass is 356 g/mol. The first kappa shape index (κ1) is 18.6. The Morgan fingerprint density at radius 1 is 1.05 bits per heavy atom. The molecule has 1 aliphatic rings. The highest BCUT2D eigenvalue weighted by Crippen LogP contribution is 2.28. The first-order chi connectivity index (χ1) is 9.48. The number of alkyl halides is 4. The van der Waals surface area contributed by atoms with Crippen LogP contribution in [0.1, 0.15) is 32.1 Å². The third kappa shape index (κ3) is 5.04. The van der Waals surface area contributed by atoms with Crippen molar-refractivity contribution in [2.75, 3.05) is 5.88 Å². The lowest BCUT2D eigenvalue weighted by Crippen LogP contribution is -2.49. The fraction of sp³-hybridized carbons (Fsp3) is 1.00. The van der Waals surface area contributed by atoms with Gasteiger partial charge >= 0.3 is 11.7 Å². The average molecular weight is 356 g/mol. The molecule has 0 radical (unpaired) electrons. The van der Waals surface area contributed by atoms with E-state index in [9.17, 15) is 34.4 Å². The van der Waals surface area contributed by atoms with E-state index in [-0.39, 0.29) is 6.04 Å². The Morgan fingerprint density at radius 3 is 2.05 bits per heavy atom. The number of hydrogen-bond acceptors (Lipinski definition) is 5. The van der Waals surface area contributed by atoms with Crippen molar-refractivity contribution in [1.29, 1.82) is 0 Å². The van der Waals surface area contributed by atoms with Gasteiger partial charge in [0.2, 0.25) is 10.0 Å². The summed E-state index contributed by atoms with van der Waals surface area (Å²) in [6, 6.07) is -0.173. The summed E-state index contributed by atoms with van der Waals surface area (Å²) >= 11 is 0. The van der Waals surface area contributed by atoms with Crippen LogP contribution in [0.25, 0.3) is 0 Å². The van der Waals surface area contributed by atoms with Crippen LogP contribution in [-0.2, 0) is 20.0 Å². The summed E-state index contributed by atoms with van der Waals surface area (Å²) in [5.74, 6) is -0.934. The van der Waals surface area contributed by atoms with Gasteiger partial charge < -0.3 is 0 Å². The second-order valence-electron chi connectivity index (χ2n) is 4.75. The highest BCUT2D eigenvalue weighted by Gasteiger charge is 2.55. The van der Waals surface area contributed by atoms with Crippen molar-refractivity contribution in [2.45, 2.75) is 49.8 Å². The number of hydrogen-bond donors (Lipinski definition) is 2. The Balaban J connectivity index is 2.67. The van der Waals surface area contributed by atoms with Crippen LogP contribution in [0.3, 0.4) is 0 Å². The van der Waals surface area contributed by atoms with Crippen molar-refractivity contribution in [3.8, 4) is 0 Å². The summed E-state index contributed by atoms with van der Waals surface area (Å²) in [5, 5.41) is -2.96. The molecule has 2 N–H and O–H groups in total. The summed E-state index contributed by atoms with van der Waals surface area (Å²) in [5.41, 5.74) is 0. The van der Waals surface area contributed by atoms with Crippen molar-refractivity contribution in [2.24, 2.45) is 0 Å². The lowest BCUT2D eigenvalue weighted by Gasteiger charge is -2.23. The second-order valence-corrected chi connectivity index (χ2v) is 8.48. The normalized spacial score (nSPS) is 19.1. The van der Waals surface area contributed by atoms with Crippen LogP contribution in [0.4, 0.5) is 17.6 Å². The molecule has 0 unspecified atom stereocenters. The van der Waals surface area contributed by atoms with Crippen LogP contribution in [0, 0.1) is 0 Å². The molecule has 0 spiro atoms. The maximum absolute atomic E-state index is 12.8. The Morgan fingerprint density at radius 2 is 1.57 bits per heavy atom. The number of nitrogens with one attached hydrogen (secondary N) is 2. The molecule has 6 nitrogen and oxygen atoms in total. The number of sulfonamides is 2. The van der Waals surface area contributed by atoms with Crippen molar-refractivity contribution in [1.82, 2.24) is 9.44 Å². The molecule has 0 aromatic carbocycles. The minimum absolute atomic E-state index is 0.173. The number of halogens is 4. The standard InChI is InChI=1S/C9H16F4N2O4S2/c10-8(11)9(12,13)21(18,19)15-20(16,17)6-14-7-4-2-1-3-5-7/h7-8,14-15H,1-6H2. The van der Waals surface area contributed by atoms with Gasteiger partial charge in [0.15, 0.2) is 0 Å². The summed E-state index contributed by atoms with van der Waals surface area (Å²) < 4.78 is 95.0. The van der Waals surface area contributed by atoms with Crippen LogP contribution >= 0.6 is 0 Å². The highest BCUT2D eigenvalue weighted by atomic mass is 32.3. The van der Waals surface area contributed by atoms with Gasteiger partial charge in [-0.2, -0.15) is 8.78 Å². The van der Waals surface area contributed by atoms with E-state index in [1.165, 1.54) is 0 Å². The predicted octanol–water partition coefficient (Wildman–Crippen LogP) is 0.973. The molecule has 0 aromatic heterocycles. The molecule has 0 bridgehead atoms. The zero-order chi connectivity index (χ0) is 16.3. The summed E-state index contributed by atoms with van der Waals surface area (Å²) in [6.45, 7) is 0. The van der Waals surface area contributed by atoms with Crippen LogP contribution < -0.4 is 9.44 Å². The van der Waals surface area contributed by atoms with Gasteiger partial charge in [-0.3, -0.25) is 5.32 Å². The minimum atomic E-state index is -6.03. The van der Waals surface area contributed by atoms with Gasteiger partial charge in [-0.05, 0) is 12.8 Å². The Labute approximate surface area is 120 Å². The third-order valence-corrected chi connectivity index (χ3v) is 6.35. The SMILES string of the molecule is O=S(=O)(CNC1CCCCC1)NS(=O)(=O)C(F)(F)C(F)F. The van der Waals surface area contributed by atoms with E-state index in [2.05, 4.69) is 5.32 Å². The molecule has 0 aromatic rings. The molecule has 126 valence electrons. The van der Waals surface area contributed by atoms with Crippen LogP contribution in [0.15, 0.2) is 0 Å². The minimum Gasteiger partial charge on any atom is -0.300 e. The predicted molar refractivity (Wildman–Crippen MR) is 66.8 cm³/mol. The van der Waals surface area contributed by atoms with E-state index in [1.807, 2.05) is 0 Å². The number of rotatable bonds is 7. The highest BCUT2D eigenvalue weighted by molar-refractivity contribution is 8.05. The summed E-state index contributed by atoms with van der Waals surface area (Å²) in [6.07, 6.45) is -0.445. The summed E-state index contributed by atoms with van der Waals surface area (Å²) in [4.78, 5) is 0. The lowest BCUT2D eigenvalue weighted by molar-refractivity contribution is -0.0640. The van der Waals surface area contributed by atoms with Gasteiger partial charge in [0.25, 0.3) is 10.0 Å². The molecule has 1 rings (SSSR count). The molecular weight excluding hydrogens is 340 g/mol. The molecule has 0 saturated heterocycles.